The Balaban J connectivity index is 1.36. The number of benzene rings is 1. The van der Waals surface area contributed by atoms with E-state index in [0.717, 1.165) is 49.1 Å². The molecular formula is C22H25FN6O. The van der Waals surface area contributed by atoms with Gasteiger partial charge in [0.1, 0.15) is 5.82 Å². The number of aryl methyl sites for hydroxylation is 1. The molecule has 0 bridgehead atoms. The Morgan fingerprint density at radius 1 is 1.07 bits per heavy atom. The monoisotopic (exact) mass is 408 g/mol. The standard InChI is InChI=1S/C22H25FN6O/c1-16-22(17(2)29(26-16)20-5-3-4-10-24-20)28-13-11-27(12-14-28)15-21(30)25-19-8-6-18(23)7-9-19/h3-10H,11-15H2,1-2H3,(H,25,30). The van der Waals surface area contributed by atoms with Crippen LogP contribution in [0.25, 0.3) is 5.82 Å². The number of amides is 1. The number of aromatic nitrogens is 3. The average molecular weight is 408 g/mol. The van der Waals surface area contributed by atoms with Crippen LogP contribution in [-0.2, 0) is 4.79 Å². The highest BCUT2D eigenvalue weighted by molar-refractivity contribution is 5.92. The van der Waals surface area contributed by atoms with E-state index in [-0.39, 0.29) is 11.7 Å². The molecule has 30 heavy (non-hydrogen) atoms. The van der Waals surface area contributed by atoms with E-state index in [1.165, 1.54) is 12.1 Å². The third kappa shape index (κ3) is 4.33. The Hall–Kier alpha value is -3.26. The van der Waals surface area contributed by atoms with Crippen molar-refractivity contribution < 1.29 is 9.18 Å². The number of nitrogens with one attached hydrogen (secondary N) is 1. The van der Waals surface area contributed by atoms with Gasteiger partial charge >= 0.3 is 0 Å². The SMILES string of the molecule is Cc1nn(-c2ccccn2)c(C)c1N1CCN(CC(=O)Nc2ccc(F)cc2)CC1. The largest absolute Gasteiger partial charge is 0.366 e. The van der Waals surface area contributed by atoms with Crippen molar-refractivity contribution in [3.05, 3.63) is 65.9 Å². The van der Waals surface area contributed by atoms with Gasteiger partial charge in [-0.1, -0.05) is 6.07 Å². The van der Waals surface area contributed by atoms with Crippen LogP contribution >= 0.6 is 0 Å². The number of anilines is 2. The molecular weight excluding hydrogens is 383 g/mol. The molecule has 0 aliphatic carbocycles. The van der Waals surface area contributed by atoms with Crippen molar-refractivity contribution in [2.75, 3.05) is 42.9 Å². The summed E-state index contributed by atoms with van der Waals surface area (Å²) in [6.45, 7) is 7.60. The topological polar surface area (TPSA) is 66.3 Å². The number of rotatable bonds is 5. The van der Waals surface area contributed by atoms with Gasteiger partial charge in [0.2, 0.25) is 5.91 Å². The molecule has 3 heterocycles. The maximum absolute atomic E-state index is 13.0. The van der Waals surface area contributed by atoms with E-state index in [1.54, 1.807) is 18.3 Å². The van der Waals surface area contributed by atoms with Crippen LogP contribution in [0.1, 0.15) is 11.4 Å². The molecule has 156 valence electrons. The van der Waals surface area contributed by atoms with E-state index in [2.05, 4.69) is 32.1 Å². The van der Waals surface area contributed by atoms with Gasteiger partial charge in [0.15, 0.2) is 5.82 Å². The molecule has 0 unspecified atom stereocenters. The van der Waals surface area contributed by atoms with Crippen LogP contribution in [0.4, 0.5) is 15.8 Å². The number of carbonyl (C=O) groups is 1. The van der Waals surface area contributed by atoms with Gasteiger partial charge in [-0.2, -0.15) is 5.10 Å². The minimum absolute atomic E-state index is 0.0922. The van der Waals surface area contributed by atoms with Crippen LogP contribution in [0.5, 0.6) is 0 Å². The zero-order chi connectivity index (χ0) is 21.1. The molecule has 1 aromatic carbocycles. The van der Waals surface area contributed by atoms with Crippen molar-refractivity contribution >= 4 is 17.3 Å². The summed E-state index contributed by atoms with van der Waals surface area (Å²) in [6.07, 6.45) is 1.77. The highest BCUT2D eigenvalue weighted by atomic mass is 19.1. The van der Waals surface area contributed by atoms with Crippen molar-refractivity contribution in [2.24, 2.45) is 0 Å². The summed E-state index contributed by atoms with van der Waals surface area (Å²) in [5, 5.41) is 7.50. The first-order valence-electron chi connectivity index (χ1n) is 10.0. The molecule has 0 spiro atoms. The van der Waals surface area contributed by atoms with E-state index in [4.69, 9.17) is 0 Å². The summed E-state index contributed by atoms with van der Waals surface area (Å²) in [7, 11) is 0. The van der Waals surface area contributed by atoms with Crippen molar-refractivity contribution in [3.63, 3.8) is 0 Å². The van der Waals surface area contributed by atoms with Crippen molar-refractivity contribution in [1.82, 2.24) is 19.7 Å². The Bertz CT molecular complexity index is 1010. The second-order valence-electron chi connectivity index (χ2n) is 7.44. The molecule has 1 aliphatic heterocycles. The second-order valence-corrected chi connectivity index (χ2v) is 7.44. The summed E-state index contributed by atoms with van der Waals surface area (Å²) < 4.78 is 14.9. The van der Waals surface area contributed by atoms with Gasteiger partial charge in [-0.3, -0.25) is 9.69 Å². The quantitative estimate of drug-likeness (QED) is 0.703. The van der Waals surface area contributed by atoms with E-state index in [0.29, 0.717) is 12.2 Å². The summed E-state index contributed by atoms with van der Waals surface area (Å²) in [5.41, 5.74) is 3.78. The molecule has 8 heteroatoms. The van der Waals surface area contributed by atoms with Crippen molar-refractivity contribution in [2.45, 2.75) is 13.8 Å². The highest BCUT2D eigenvalue weighted by Gasteiger charge is 2.24. The summed E-state index contributed by atoms with van der Waals surface area (Å²) >= 11 is 0. The Morgan fingerprint density at radius 3 is 2.47 bits per heavy atom. The Kier molecular flexibility index (Phi) is 5.76. The molecule has 0 atom stereocenters. The molecule has 1 N–H and O–H groups in total. The lowest BCUT2D eigenvalue weighted by atomic mass is 10.2. The number of halogens is 1. The predicted molar refractivity (Wildman–Crippen MR) is 115 cm³/mol. The normalized spacial score (nSPS) is 14.7. The molecule has 1 saturated heterocycles. The van der Waals surface area contributed by atoms with Gasteiger partial charge < -0.3 is 10.2 Å². The molecule has 1 amide bonds. The van der Waals surface area contributed by atoms with Gasteiger partial charge in [-0.25, -0.2) is 14.1 Å². The molecule has 0 radical (unpaired) electrons. The number of piperazine rings is 1. The minimum Gasteiger partial charge on any atom is -0.366 e. The van der Waals surface area contributed by atoms with Crippen LogP contribution in [-0.4, -0.2) is 58.3 Å². The number of hydrogen-bond acceptors (Lipinski definition) is 5. The smallest absolute Gasteiger partial charge is 0.238 e. The number of carbonyl (C=O) groups excluding carboxylic acids is 1. The van der Waals surface area contributed by atoms with Gasteiger partial charge in [-0.15, -0.1) is 0 Å². The lowest BCUT2D eigenvalue weighted by Gasteiger charge is -2.35. The maximum atomic E-state index is 13.0. The van der Waals surface area contributed by atoms with Crippen molar-refractivity contribution in [3.8, 4) is 5.82 Å². The molecule has 7 nitrogen and oxygen atoms in total. The Morgan fingerprint density at radius 2 is 1.80 bits per heavy atom. The van der Waals surface area contributed by atoms with Gasteiger partial charge in [0.25, 0.3) is 0 Å². The first-order chi connectivity index (χ1) is 14.5. The van der Waals surface area contributed by atoms with Crippen LogP contribution in [0.3, 0.4) is 0 Å². The zero-order valence-corrected chi connectivity index (χ0v) is 17.2. The summed E-state index contributed by atoms with van der Waals surface area (Å²) in [5.74, 6) is 0.395. The van der Waals surface area contributed by atoms with Crippen LogP contribution in [0.2, 0.25) is 0 Å². The fourth-order valence-corrected chi connectivity index (χ4v) is 3.86. The second kappa shape index (κ2) is 8.62. The molecule has 2 aromatic heterocycles. The first kappa shape index (κ1) is 20.0. The maximum Gasteiger partial charge on any atom is 0.238 e. The van der Waals surface area contributed by atoms with Crippen LogP contribution in [0.15, 0.2) is 48.7 Å². The number of hydrogen-bond donors (Lipinski definition) is 1. The van der Waals surface area contributed by atoms with Crippen LogP contribution < -0.4 is 10.2 Å². The third-order valence-electron chi connectivity index (χ3n) is 5.30. The summed E-state index contributed by atoms with van der Waals surface area (Å²) in [4.78, 5) is 21.2. The Labute approximate surface area is 175 Å². The fourth-order valence-electron chi connectivity index (χ4n) is 3.86. The van der Waals surface area contributed by atoms with Crippen molar-refractivity contribution in [1.29, 1.82) is 0 Å². The third-order valence-corrected chi connectivity index (χ3v) is 5.30. The fraction of sp³-hybridized carbons (Fsp3) is 0.318. The molecule has 3 aromatic rings. The first-order valence-corrected chi connectivity index (χ1v) is 10.0. The van der Waals surface area contributed by atoms with E-state index in [9.17, 15) is 9.18 Å². The molecule has 1 aliphatic rings. The summed E-state index contributed by atoms with van der Waals surface area (Å²) in [6, 6.07) is 11.6. The van der Waals surface area contributed by atoms with E-state index in [1.807, 2.05) is 29.8 Å². The van der Waals surface area contributed by atoms with Gasteiger partial charge in [0.05, 0.1) is 23.6 Å². The number of nitrogens with zero attached hydrogens (tertiary/aromatic N) is 5. The van der Waals surface area contributed by atoms with Gasteiger partial charge in [0, 0.05) is 38.1 Å². The highest BCUT2D eigenvalue weighted by Crippen LogP contribution is 2.27. The molecule has 1 fully saturated rings. The molecule has 0 saturated carbocycles. The minimum atomic E-state index is -0.318. The zero-order valence-electron chi connectivity index (χ0n) is 17.2. The average Bonchev–Trinajstić information content (AvgIpc) is 3.05. The lowest BCUT2D eigenvalue weighted by molar-refractivity contribution is -0.117. The predicted octanol–water partition coefficient (Wildman–Crippen LogP) is 2.78. The number of pyridine rings is 1. The van der Waals surface area contributed by atoms with Gasteiger partial charge in [-0.05, 0) is 50.2 Å². The van der Waals surface area contributed by atoms with E-state index < -0.39 is 0 Å². The lowest BCUT2D eigenvalue weighted by Crippen LogP contribution is -2.49. The molecule has 4 rings (SSSR count). The van der Waals surface area contributed by atoms with Crippen LogP contribution in [0, 0.1) is 19.7 Å². The van der Waals surface area contributed by atoms with E-state index >= 15 is 0 Å².